The van der Waals surface area contributed by atoms with Crippen molar-refractivity contribution in [2.45, 2.75) is 63.5 Å². The summed E-state index contributed by atoms with van der Waals surface area (Å²) in [5.41, 5.74) is -0.552. The van der Waals surface area contributed by atoms with E-state index < -0.39 is 58.9 Å². The van der Waals surface area contributed by atoms with Crippen LogP contribution in [0.2, 0.25) is 0 Å². The van der Waals surface area contributed by atoms with Gasteiger partial charge >= 0.3 is 5.92 Å². The normalized spacial score (nSPS) is 19.9. The highest BCUT2D eigenvalue weighted by atomic mass is 32.1. The molecule has 2 fully saturated rings. The van der Waals surface area contributed by atoms with Crippen molar-refractivity contribution in [1.82, 2.24) is 35.0 Å². The summed E-state index contributed by atoms with van der Waals surface area (Å²) in [6.07, 6.45) is 4.59. The van der Waals surface area contributed by atoms with Crippen LogP contribution in [0.25, 0.3) is 0 Å². The van der Waals surface area contributed by atoms with Crippen molar-refractivity contribution in [1.29, 1.82) is 0 Å². The summed E-state index contributed by atoms with van der Waals surface area (Å²) in [7, 11) is 3.28. The zero-order valence-electron chi connectivity index (χ0n) is 29.4. The molecule has 3 atom stereocenters. The third-order valence-electron chi connectivity index (χ3n) is 9.92. The zero-order valence-corrected chi connectivity index (χ0v) is 30.2. The third kappa shape index (κ3) is 9.04. The lowest BCUT2D eigenvalue weighted by Crippen LogP contribution is -2.55. The summed E-state index contributed by atoms with van der Waals surface area (Å²) in [6, 6.07) is 3.77. The number of alkyl halides is 2. The van der Waals surface area contributed by atoms with E-state index in [-0.39, 0.29) is 22.4 Å². The molecule has 280 valence electrons. The van der Waals surface area contributed by atoms with Gasteiger partial charge in [-0.1, -0.05) is 37.2 Å². The number of aromatic nitrogens is 3. The molecule has 1 saturated heterocycles. The van der Waals surface area contributed by atoms with Crippen molar-refractivity contribution in [3.05, 3.63) is 64.5 Å². The average molecular weight is 745 g/mol. The largest absolute Gasteiger partial charge is 0.481 e. The van der Waals surface area contributed by atoms with Gasteiger partial charge in [0.1, 0.15) is 22.8 Å². The van der Waals surface area contributed by atoms with Crippen LogP contribution in [0, 0.1) is 17.7 Å². The van der Waals surface area contributed by atoms with Gasteiger partial charge in [-0.3, -0.25) is 19.2 Å². The first-order valence-corrected chi connectivity index (χ1v) is 17.9. The van der Waals surface area contributed by atoms with Gasteiger partial charge in [0, 0.05) is 49.9 Å². The molecule has 4 amide bonds. The summed E-state index contributed by atoms with van der Waals surface area (Å²) in [6.45, 7) is 5.95. The fourth-order valence-corrected chi connectivity index (χ4v) is 6.91. The third-order valence-corrected chi connectivity index (χ3v) is 10.6. The number of hydrogen-bond acceptors (Lipinski definition) is 10. The van der Waals surface area contributed by atoms with Gasteiger partial charge in [0.15, 0.2) is 0 Å². The Hall–Kier alpha value is -4.64. The SMILES string of the molecule is COc1ccc(C(F)(F)C(=O)N[C@H](C(=O)Nc2ccc([C@H](C)[C@@H](NC(=O)c3cnns3)C(=O)N3CCN(C)CC3)cc2F)C2CCC(C)CC2)cn1. The number of piperazine rings is 1. The summed E-state index contributed by atoms with van der Waals surface area (Å²) < 4.78 is 55.0. The molecule has 0 unspecified atom stereocenters. The lowest BCUT2D eigenvalue weighted by Gasteiger charge is -2.36. The predicted octanol–water partition coefficient (Wildman–Crippen LogP) is 3.80. The number of anilines is 1. The molecule has 0 bridgehead atoms. The molecular formula is C35H43F3N8O5S. The first-order chi connectivity index (χ1) is 24.8. The quantitative estimate of drug-likeness (QED) is 0.251. The number of benzene rings is 1. The number of carbonyl (C=O) groups excluding carboxylic acids is 4. The smallest absolute Gasteiger partial charge is 0.351 e. The van der Waals surface area contributed by atoms with Gasteiger partial charge in [0.25, 0.3) is 11.8 Å². The van der Waals surface area contributed by atoms with Crippen LogP contribution >= 0.6 is 11.5 Å². The minimum Gasteiger partial charge on any atom is -0.481 e. The van der Waals surface area contributed by atoms with Crippen molar-refractivity contribution < 1.29 is 37.1 Å². The number of methoxy groups -OCH3 is 1. The molecule has 1 aromatic carbocycles. The minimum atomic E-state index is -4.02. The molecular weight excluding hydrogens is 701 g/mol. The Balaban J connectivity index is 1.34. The molecule has 17 heteroatoms. The molecule has 1 saturated carbocycles. The van der Waals surface area contributed by atoms with E-state index in [4.69, 9.17) is 4.74 Å². The topological polar surface area (TPSA) is 159 Å². The Morgan fingerprint density at radius 3 is 2.31 bits per heavy atom. The van der Waals surface area contributed by atoms with Gasteiger partial charge < -0.3 is 30.5 Å². The monoisotopic (exact) mass is 744 g/mol. The molecule has 3 aromatic rings. The van der Waals surface area contributed by atoms with Crippen molar-refractivity contribution >= 4 is 40.8 Å². The van der Waals surface area contributed by atoms with E-state index in [9.17, 15) is 19.2 Å². The number of carbonyl (C=O) groups is 4. The van der Waals surface area contributed by atoms with E-state index in [1.54, 1.807) is 11.8 Å². The molecule has 0 radical (unpaired) electrons. The van der Waals surface area contributed by atoms with Crippen LogP contribution in [-0.4, -0.2) is 100 Å². The maximum absolute atomic E-state index is 15.8. The Bertz CT molecular complexity index is 1720. The van der Waals surface area contributed by atoms with Crippen LogP contribution in [0.4, 0.5) is 18.9 Å². The van der Waals surface area contributed by atoms with Crippen molar-refractivity contribution in [2.75, 3.05) is 45.7 Å². The van der Waals surface area contributed by atoms with E-state index in [2.05, 4.69) is 42.3 Å². The van der Waals surface area contributed by atoms with Gasteiger partial charge in [0.2, 0.25) is 17.7 Å². The first-order valence-electron chi connectivity index (χ1n) is 17.1. The van der Waals surface area contributed by atoms with Crippen LogP contribution < -0.4 is 20.7 Å². The molecule has 0 spiro atoms. The fourth-order valence-electron chi connectivity index (χ4n) is 6.49. The molecule has 2 aliphatic rings. The van der Waals surface area contributed by atoms with Crippen molar-refractivity contribution in [3.63, 3.8) is 0 Å². The Kier molecular flexibility index (Phi) is 12.5. The molecule has 52 heavy (non-hydrogen) atoms. The molecule has 3 heterocycles. The number of rotatable bonds is 12. The minimum absolute atomic E-state index is 0.0892. The van der Waals surface area contributed by atoms with Crippen molar-refractivity contribution in [2.24, 2.45) is 11.8 Å². The second kappa shape index (κ2) is 16.8. The standard InChI is InChI=1S/C35H43F3N8O5S/c1-20-5-7-22(8-6-20)30(43-34(50)35(37,38)24-10-12-28(51-4)39-18-24)32(48)41-26-11-9-23(17-25(26)36)21(2)29(42-31(47)27-19-40-44-52-27)33(49)46-15-13-45(3)14-16-46/h9-12,17-22,29-30H,5-8,13-16H2,1-4H3,(H,41,48)(H,42,47)(H,43,50)/t20?,21-,22?,29+,30-/m0/s1. The average Bonchev–Trinajstić information content (AvgIpc) is 3.69. The number of hydrogen-bond donors (Lipinski definition) is 3. The number of nitrogens with zero attached hydrogens (tertiary/aromatic N) is 5. The highest BCUT2D eigenvalue weighted by Gasteiger charge is 2.45. The summed E-state index contributed by atoms with van der Waals surface area (Å²) >= 11 is 0.875. The number of pyridine rings is 1. The van der Waals surface area contributed by atoms with Gasteiger partial charge in [-0.05, 0) is 67.0 Å². The highest BCUT2D eigenvalue weighted by molar-refractivity contribution is 7.07. The number of amides is 4. The summed E-state index contributed by atoms with van der Waals surface area (Å²) in [5, 5.41) is 11.2. The van der Waals surface area contributed by atoms with Gasteiger partial charge in [-0.15, -0.1) is 5.10 Å². The van der Waals surface area contributed by atoms with E-state index in [1.165, 1.54) is 31.5 Å². The molecule has 1 aliphatic carbocycles. The van der Waals surface area contributed by atoms with E-state index >= 15 is 13.2 Å². The Morgan fingerprint density at radius 2 is 1.71 bits per heavy atom. The lowest BCUT2D eigenvalue weighted by atomic mass is 9.79. The van der Waals surface area contributed by atoms with Crippen LogP contribution in [0.1, 0.15) is 66.2 Å². The highest BCUT2D eigenvalue weighted by Crippen LogP contribution is 2.34. The molecule has 5 rings (SSSR count). The molecule has 1 aliphatic heterocycles. The molecule has 2 aromatic heterocycles. The number of ether oxygens (including phenoxy) is 1. The van der Waals surface area contributed by atoms with Gasteiger partial charge in [0.05, 0.1) is 19.0 Å². The van der Waals surface area contributed by atoms with Gasteiger partial charge in [-0.2, -0.15) is 8.78 Å². The Labute approximate surface area is 303 Å². The van der Waals surface area contributed by atoms with Gasteiger partial charge in [-0.25, -0.2) is 9.37 Å². The van der Waals surface area contributed by atoms with Crippen LogP contribution in [-0.2, 0) is 20.3 Å². The number of nitrogens with one attached hydrogen (secondary N) is 3. The van der Waals surface area contributed by atoms with E-state index in [1.807, 2.05) is 7.05 Å². The van der Waals surface area contributed by atoms with Crippen LogP contribution in [0.3, 0.4) is 0 Å². The number of likely N-dealkylation sites (N-methyl/N-ethyl adjacent to an activating group) is 1. The maximum atomic E-state index is 15.8. The van der Waals surface area contributed by atoms with Crippen LogP contribution in [0.15, 0.2) is 42.7 Å². The summed E-state index contributed by atoms with van der Waals surface area (Å²) in [4.78, 5) is 61.2. The fraction of sp³-hybridized carbons (Fsp3) is 0.514. The molecule has 3 N–H and O–H groups in total. The number of halogens is 3. The first kappa shape index (κ1) is 38.6. The lowest BCUT2D eigenvalue weighted by molar-refractivity contribution is -0.149. The van der Waals surface area contributed by atoms with Crippen LogP contribution in [0.5, 0.6) is 5.88 Å². The second-order valence-corrected chi connectivity index (χ2v) is 14.3. The zero-order chi connectivity index (χ0) is 37.6. The maximum Gasteiger partial charge on any atom is 0.351 e. The Morgan fingerprint density at radius 1 is 1.00 bits per heavy atom. The van der Waals surface area contributed by atoms with E-state index in [0.29, 0.717) is 50.5 Å². The second-order valence-electron chi connectivity index (χ2n) is 13.5. The molecule has 13 nitrogen and oxygen atoms in total. The predicted molar refractivity (Wildman–Crippen MR) is 186 cm³/mol. The van der Waals surface area contributed by atoms with Crippen molar-refractivity contribution in [3.8, 4) is 5.88 Å². The summed E-state index contributed by atoms with van der Waals surface area (Å²) in [5.74, 6) is -8.99. The van der Waals surface area contributed by atoms with E-state index in [0.717, 1.165) is 42.7 Å².